The van der Waals surface area contributed by atoms with Crippen LogP contribution in [0.3, 0.4) is 0 Å². The average molecular weight is 415 g/mol. The number of thioether (sulfide) groups is 1. The monoisotopic (exact) mass is 414 g/mol. The number of benzene rings is 2. The van der Waals surface area contributed by atoms with Crippen molar-refractivity contribution in [1.82, 2.24) is 14.8 Å². The van der Waals surface area contributed by atoms with Crippen LogP contribution in [0.15, 0.2) is 66.3 Å². The summed E-state index contributed by atoms with van der Waals surface area (Å²) in [5.41, 5.74) is 1.61. The quantitative estimate of drug-likeness (QED) is 0.433. The zero-order valence-electron chi connectivity index (χ0n) is 15.3. The molecule has 8 heteroatoms. The number of carbonyl (C=O) groups excluding carboxylic acids is 1. The second-order valence-corrected chi connectivity index (χ2v) is 7.16. The number of carbonyl (C=O) groups is 1. The fraction of sp³-hybridized carbons (Fsp3) is 0.150. The lowest BCUT2D eigenvalue weighted by molar-refractivity contribution is -0.113. The lowest BCUT2D eigenvalue weighted by Gasteiger charge is -2.09. The molecule has 3 rings (SSSR count). The molecule has 0 aliphatic rings. The lowest BCUT2D eigenvalue weighted by atomic mass is 10.2. The van der Waals surface area contributed by atoms with Crippen molar-refractivity contribution < 1.29 is 9.53 Å². The summed E-state index contributed by atoms with van der Waals surface area (Å²) >= 11 is 7.18. The second kappa shape index (κ2) is 9.43. The van der Waals surface area contributed by atoms with E-state index in [9.17, 15) is 4.79 Å². The van der Waals surface area contributed by atoms with E-state index in [1.807, 2.05) is 28.8 Å². The molecule has 0 unspecified atom stereocenters. The van der Waals surface area contributed by atoms with Gasteiger partial charge in [0, 0.05) is 22.8 Å². The number of halogens is 1. The number of nitrogens with one attached hydrogen (secondary N) is 1. The van der Waals surface area contributed by atoms with Crippen molar-refractivity contribution in [2.24, 2.45) is 0 Å². The Morgan fingerprint density at radius 2 is 1.93 bits per heavy atom. The van der Waals surface area contributed by atoms with Crippen molar-refractivity contribution >= 4 is 35.0 Å². The first-order chi connectivity index (χ1) is 13.6. The highest BCUT2D eigenvalue weighted by molar-refractivity contribution is 7.99. The molecule has 1 amide bonds. The molecule has 1 aromatic heterocycles. The minimum atomic E-state index is -0.133. The van der Waals surface area contributed by atoms with Gasteiger partial charge in [0.25, 0.3) is 0 Å². The Morgan fingerprint density at radius 3 is 2.57 bits per heavy atom. The first-order valence-corrected chi connectivity index (χ1v) is 9.84. The first kappa shape index (κ1) is 20.0. The van der Waals surface area contributed by atoms with Crippen molar-refractivity contribution in [3.63, 3.8) is 0 Å². The molecule has 0 fully saturated rings. The fourth-order valence-corrected chi connectivity index (χ4v) is 3.38. The van der Waals surface area contributed by atoms with Gasteiger partial charge in [-0.25, -0.2) is 0 Å². The Labute approximate surface area is 172 Å². The van der Waals surface area contributed by atoms with Gasteiger partial charge in [-0.1, -0.05) is 29.4 Å². The van der Waals surface area contributed by atoms with Gasteiger partial charge in [0.15, 0.2) is 11.0 Å². The Kier molecular flexibility index (Phi) is 6.73. The Balaban J connectivity index is 1.70. The molecule has 1 heterocycles. The molecular weight excluding hydrogens is 396 g/mol. The summed E-state index contributed by atoms with van der Waals surface area (Å²) in [5, 5.41) is 12.6. The van der Waals surface area contributed by atoms with Crippen molar-refractivity contribution in [1.29, 1.82) is 0 Å². The van der Waals surface area contributed by atoms with E-state index in [2.05, 4.69) is 22.1 Å². The summed E-state index contributed by atoms with van der Waals surface area (Å²) in [6.07, 6.45) is 1.77. The molecule has 28 heavy (non-hydrogen) atoms. The molecule has 144 valence electrons. The standard InChI is InChI=1S/C20H19ClN4O2S/c1-3-12-25-19(14-4-10-17(27-2)11-5-14)23-24-20(25)28-13-18(26)22-16-8-6-15(21)7-9-16/h3-11H,1,12-13H2,2H3,(H,22,26). The topological polar surface area (TPSA) is 69.0 Å². The van der Waals surface area contributed by atoms with Crippen LogP contribution in [0, 0.1) is 0 Å². The summed E-state index contributed by atoms with van der Waals surface area (Å²) < 4.78 is 7.12. The van der Waals surface area contributed by atoms with E-state index >= 15 is 0 Å². The largest absolute Gasteiger partial charge is 0.497 e. The van der Waals surface area contributed by atoms with Crippen LogP contribution in [0.2, 0.25) is 5.02 Å². The third-order valence-corrected chi connectivity index (χ3v) is 5.06. The molecule has 0 bridgehead atoms. The van der Waals surface area contributed by atoms with E-state index in [1.54, 1.807) is 37.5 Å². The third-order valence-electron chi connectivity index (χ3n) is 3.84. The number of anilines is 1. The van der Waals surface area contributed by atoms with Crippen molar-refractivity contribution in [3.05, 3.63) is 66.2 Å². The maximum absolute atomic E-state index is 12.2. The molecule has 3 aromatic rings. The van der Waals surface area contributed by atoms with Crippen molar-refractivity contribution in [2.45, 2.75) is 11.7 Å². The highest BCUT2D eigenvalue weighted by atomic mass is 35.5. The Morgan fingerprint density at radius 1 is 1.21 bits per heavy atom. The zero-order valence-corrected chi connectivity index (χ0v) is 16.8. The minimum Gasteiger partial charge on any atom is -0.497 e. The molecule has 1 N–H and O–H groups in total. The summed E-state index contributed by atoms with van der Waals surface area (Å²) in [6.45, 7) is 4.34. The zero-order chi connectivity index (χ0) is 19.9. The van der Waals surface area contributed by atoms with E-state index in [0.29, 0.717) is 28.2 Å². The van der Waals surface area contributed by atoms with E-state index in [0.717, 1.165) is 11.3 Å². The molecule has 0 spiro atoms. The molecular formula is C20H19ClN4O2S. The third kappa shape index (κ3) is 4.94. The van der Waals surface area contributed by atoms with Crippen LogP contribution < -0.4 is 10.1 Å². The number of hydrogen-bond acceptors (Lipinski definition) is 5. The summed E-state index contributed by atoms with van der Waals surface area (Å²) in [5.74, 6) is 1.56. The van der Waals surface area contributed by atoms with Gasteiger partial charge in [-0.3, -0.25) is 9.36 Å². The SMILES string of the molecule is C=CCn1c(SCC(=O)Nc2ccc(Cl)cc2)nnc1-c1ccc(OC)cc1. The van der Waals surface area contributed by atoms with Crippen LogP contribution in [0.1, 0.15) is 0 Å². The molecule has 0 aliphatic carbocycles. The molecule has 0 aliphatic heterocycles. The number of amides is 1. The average Bonchev–Trinajstić information content (AvgIpc) is 3.11. The van der Waals surface area contributed by atoms with Gasteiger partial charge in [-0.15, -0.1) is 16.8 Å². The number of aromatic nitrogens is 3. The molecule has 0 radical (unpaired) electrons. The number of rotatable bonds is 8. The Bertz CT molecular complexity index is 955. The van der Waals surface area contributed by atoms with Crippen LogP contribution in [0.5, 0.6) is 5.75 Å². The minimum absolute atomic E-state index is 0.133. The van der Waals surface area contributed by atoms with Crippen LogP contribution in [0.4, 0.5) is 5.69 Å². The van der Waals surface area contributed by atoms with E-state index < -0.39 is 0 Å². The van der Waals surface area contributed by atoms with Gasteiger partial charge in [0.1, 0.15) is 5.75 Å². The highest BCUT2D eigenvalue weighted by Crippen LogP contribution is 2.26. The number of methoxy groups -OCH3 is 1. The molecule has 0 saturated heterocycles. The Hall–Kier alpha value is -2.77. The molecule has 0 atom stereocenters. The van der Waals surface area contributed by atoms with Gasteiger partial charge in [0.05, 0.1) is 12.9 Å². The van der Waals surface area contributed by atoms with Crippen LogP contribution in [-0.4, -0.2) is 33.5 Å². The maximum atomic E-state index is 12.2. The molecule has 6 nitrogen and oxygen atoms in total. The number of allylic oxidation sites excluding steroid dienone is 1. The highest BCUT2D eigenvalue weighted by Gasteiger charge is 2.15. The lowest BCUT2D eigenvalue weighted by Crippen LogP contribution is -2.14. The predicted molar refractivity (Wildman–Crippen MR) is 113 cm³/mol. The predicted octanol–water partition coefficient (Wildman–Crippen LogP) is 4.52. The fourth-order valence-electron chi connectivity index (χ4n) is 2.50. The van der Waals surface area contributed by atoms with E-state index in [4.69, 9.17) is 16.3 Å². The first-order valence-electron chi connectivity index (χ1n) is 8.47. The normalized spacial score (nSPS) is 10.5. The maximum Gasteiger partial charge on any atom is 0.234 e. The number of hydrogen-bond donors (Lipinski definition) is 1. The smallest absolute Gasteiger partial charge is 0.234 e. The molecule has 0 saturated carbocycles. The van der Waals surface area contributed by atoms with Crippen LogP contribution in [-0.2, 0) is 11.3 Å². The second-order valence-electron chi connectivity index (χ2n) is 5.78. The summed E-state index contributed by atoms with van der Waals surface area (Å²) in [6, 6.07) is 14.6. The van der Waals surface area contributed by atoms with Crippen molar-refractivity contribution in [2.75, 3.05) is 18.2 Å². The van der Waals surface area contributed by atoms with E-state index in [1.165, 1.54) is 11.8 Å². The van der Waals surface area contributed by atoms with Crippen LogP contribution >= 0.6 is 23.4 Å². The summed E-state index contributed by atoms with van der Waals surface area (Å²) in [7, 11) is 1.62. The number of ether oxygens (including phenoxy) is 1. The molecule has 2 aromatic carbocycles. The van der Waals surface area contributed by atoms with E-state index in [-0.39, 0.29) is 11.7 Å². The van der Waals surface area contributed by atoms with Gasteiger partial charge in [-0.2, -0.15) is 0 Å². The van der Waals surface area contributed by atoms with Gasteiger partial charge in [0.2, 0.25) is 5.91 Å². The summed E-state index contributed by atoms with van der Waals surface area (Å²) in [4.78, 5) is 12.2. The van der Waals surface area contributed by atoms with Crippen molar-refractivity contribution in [3.8, 4) is 17.1 Å². The van der Waals surface area contributed by atoms with Gasteiger partial charge >= 0.3 is 0 Å². The van der Waals surface area contributed by atoms with Gasteiger partial charge in [-0.05, 0) is 48.5 Å². The van der Waals surface area contributed by atoms with Crippen LogP contribution in [0.25, 0.3) is 11.4 Å². The van der Waals surface area contributed by atoms with Gasteiger partial charge < -0.3 is 10.1 Å². The number of nitrogens with zero attached hydrogens (tertiary/aromatic N) is 3.